The van der Waals surface area contributed by atoms with Crippen LogP contribution in [0.5, 0.6) is 0 Å². The highest BCUT2D eigenvalue weighted by Crippen LogP contribution is 1.96. The molecule has 0 radical (unpaired) electrons. The van der Waals surface area contributed by atoms with Crippen molar-refractivity contribution in [3.05, 3.63) is 0 Å². The molecule has 4 nitrogen and oxygen atoms in total. The summed E-state index contributed by atoms with van der Waals surface area (Å²) in [5.74, 6) is 0.189. The fraction of sp³-hybridized carbons (Fsp3) is 0.929. The monoisotopic (exact) mass is 257 g/mol. The van der Waals surface area contributed by atoms with Crippen LogP contribution in [0.1, 0.15) is 34.6 Å². The molecule has 0 aliphatic rings. The van der Waals surface area contributed by atoms with Crippen LogP contribution >= 0.6 is 0 Å². The maximum Gasteiger partial charge on any atom is 0.219 e. The molecular formula is C14H31N3O. The van der Waals surface area contributed by atoms with Gasteiger partial charge < -0.3 is 14.7 Å². The molecule has 4 heteroatoms. The molecule has 0 N–H and O–H groups in total. The topological polar surface area (TPSA) is 26.8 Å². The third kappa shape index (κ3) is 6.97. The lowest BCUT2D eigenvalue weighted by Gasteiger charge is -2.28. The molecule has 0 fully saturated rings. The maximum absolute atomic E-state index is 11.6. The first kappa shape index (κ1) is 17.4. The van der Waals surface area contributed by atoms with Gasteiger partial charge in [-0.1, -0.05) is 27.7 Å². The molecule has 108 valence electrons. The molecule has 0 unspecified atom stereocenters. The van der Waals surface area contributed by atoms with Gasteiger partial charge in [-0.3, -0.25) is 4.79 Å². The Morgan fingerprint density at radius 2 is 1.06 bits per heavy atom. The Hall–Kier alpha value is -0.610. The van der Waals surface area contributed by atoms with Crippen molar-refractivity contribution in [2.45, 2.75) is 34.6 Å². The minimum absolute atomic E-state index is 0.189. The summed E-state index contributed by atoms with van der Waals surface area (Å²) < 4.78 is 0. The van der Waals surface area contributed by atoms with Gasteiger partial charge in [0.2, 0.25) is 5.91 Å². The molecule has 18 heavy (non-hydrogen) atoms. The predicted molar refractivity (Wildman–Crippen MR) is 77.8 cm³/mol. The highest BCUT2D eigenvalue weighted by Gasteiger charge is 2.11. The van der Waals surface area contributed by atoms with E-state index in [4.69, 9.17) is 0 Å². The molecule has 0 saturated carbocycles. The first-order valence-corrected chi connectivity index (χ1v) is 7.29. The third-order valence-corrected chi connectivity index (χ3v) is 3.61. The second-order valence-corrected chi connectivity index (χ2v) is 4.56. The number of nitrogens with zero attached hydrogens (tertiary/aromatic N) is 3. The maximum atomic E-state index is 11.6. The summed E-state index contributed by atoms with van der Waals surface area (Å²) in [6.07, 6.45) is 0. The zero-order chi connectivity index (χ0) is 14.0. The summed E-state index contributed by atoms with van der Waals surface area (Å²) >= 11 is 0. The van der Waals surface area contributed by atoms with Crippen LogP contribution in [0.15, 0.2) is 0 Å². The Bertz CT molecular complexity index is 197. The van der Waals surface area contributed by atoms with Crippen molar-refractivity contribution in [2.24, 2.45) is 0 Å². The van der Waals surface area contributed by atoms with Gasteiger partial charge in [0, 0.05) is 33.1 Å². The van der Waals surface area contributed by atoms with Crippen molar-refractivity contribution in [3.63, 3.8) is 0 Å². The van der Waals surface area contributed by atoms with Gasteiger partial charge in [0.1, 0.15) is 0 Å². The summed E-state index contributed by atoms with van der Waals surface area (Å²) in [4.78, 5) is 18.3. The Balaban J connectivity index is 4.10. The summed E-state index contributed by atoms with van der Waals surface area (Å²) in [7, 11) is 0. The number of hydrogen-bond acceptors (Lipinski definition) is 3. The number of rotatable bonds is 10. The smallest absolute Gasteiger partial charge is 0.219 e. The Kier molecular flexibility index (Phi) is 9.98. The van der Waals surface area contributed by atoms with Crippen molar-refractivity contribution in [2.75, 3.05) is 52.4 Å². The number of carbonyl (C=O) groups is 1. The number of amides is 1. The van der Waals surface area contributed by atoms with E-state index >= 15 is 0 Å². The van der Waals surface area contributed by atoms with E-state index in [0.717, 1.165) is 52.4 Å². The zero-order valence-electron chi connectivity index (χ0n) is 12.9. The van der Waals surface area contributed by atoms with E-state index in [9.17, 15) is 4.79 Å². The first-order valence-electron chi connectivity index (χ1n) is 7.29. The van der Waals surface area contributed by atoms with E-state index in [1.165, 1.54) is 0 Å². The van der Waals surface area contributed by atoms with Gasteiger partial charge in [0.15, 0.2) is 0 Å². The van der Waals surface area contributed by atoms with Gasteiger partial charge in [-0.25, -0.2) is 0 Å². The van der Waals surface area contributed by atoms with Gasteiger partial charge in [-0.05, 0) is 26.2 Å². The van der Waals surface area contributed by atoms with Gasteiger partial charge in [-0.2, -0.15) is 0 Å². The Morgan fingerprint density at radius 3 is 1.28 bits per heavy atom. The number of likely N-dealkylation sites (N-methyl/N-ethyl adjacent to an activating group) is 2. The van der Waals surface area contributed by atoms with Gasteiger partial charge in [-0.15, -0.1) is 0 Å². The lowest BCUT2D eigenvalue weighted by atomic mass is 10.3. The van der Waals surface area contributed by atoms with Crippen molar-refractivity contribution >= 4 is 5.91 Å². The standard InChI is InChI=1S/C14H31N3O/c1-6-15(7-2)10-12-17(14(5)18)13-11-16(8-3)9-4/h6-13H2,1-5H3. The van der Waals surface area contributed by atoms with Crippen LogP contribution in [-0.2, 0) is 4.79 Å². The normalized spacial score (nSPS) is 11.3. The summed E-state index contributed by atoms with van der Waals surface area (Å²) in [6, 6.07) is 0. The molecule has 0 atom stereocenters. The van der Waals surface area contributed by atoms with Crippen LogP contribution in [0.25, 0.3) is 0 Å². The molecule has 0 bridgehead atoms. The quantitative estimate of drug-likeness (QED) is 0.594. The molecule has 0 rings (SSSR count). The molecule has 0 aliphatic carbocycles. The number of carbonyl (C=O) groups excluding carboxylic acids is 1. The van der Waals surface area contributed by atoms with E-state index in [2.05, 4.69) is 37.5 Å². The van der Waals surface area contributed by atoms with Crippen molar-refractivity contribution in [3.8, 4) is 0 Å². The molecule has 0 heterocycles. The van der Waals surface area contributed by atoms with Gasteiger partial charge in [0.05, 0.1) is 0 Å². The summed E-state index contributed by atoms with van der Waals surface area (Å²) in [5.41, 5.74) is 0. The van der Waals surface area contributed by atoms with E-state index < -0.39 is 0 Å². The molecule has 0 aromatic carbocycles. The second-order valence-electron chi connectivity index (χ2n) is 4.56. The van der Waals surface area contributed by atoms with E-state index in [1.54, 1.807) is 6.92 Å². The first-order chi connectivity index (χ1) is 8.58. The number of hydrogen-bond donors (Lipinski definition) is 0. The average Bonchev–Trinajstić information content (AvgIpc) is 2.37. The van der Waals surface area contributed by atoms with Crippen LogP contribution in [0.4, 0.5) is 0 Å². The fourth-order valence-corrected chi connectivity index (χ4v) is 2.03. The summed E-state index contributed by atoms with van der Waals surface area (Å²) in [6.45, 7) is 18.2. The molecule has 1 amide bonds. The second kappa shape index (κ2) is 10.3. The predicted octanol–water partition coefficient (Wildman–Crippen LogP) is 1.52. The fourth-order valence-electron chi connectivity index (χ4n) is 2.03. The van der Waals surface area contributed by atoms with Crippen LogP contribution in [0.3, 0.4) is 0 Å². The van der Waals surface area contributed by atoms with E-state index in [-0.39, 0.29) is 5.91 Å². The minimum Gasteiger partial charge on any atom is -0.340 e. The summed E-state index contributed by atoms with van der Waals surface area (Å²) in [5, 5.41) is 0. The van der Waals surface area contributed by atoms with Crippen molar-refractivity contribution < 1.29 is 4.79 Å². The molecule has 0 saturated heterocycles. The molecule has 0 aromatic heterocycles. The Labute approximate surface area is 113 Å². The highest BCUT2D eigenvalue weighted by atomic mass is 16.2. The van der Waals surface area contributed by atoms with Crippen molar-refractivity contribution in [1.82, 2.24) is 14.7 Å². The molecule has 0 aromatic rings. The largest absolute Gasteiger partial charge is 0.340 e. The van der Waals surface area contributed by atoms with Crippen LogP contribution < -0.4 is 0 Å². The van der Waals surface area contributed by atoms with Crippen LogP contribution in [-0.4, -0.2) is 73.0 Å². The van der Waals surface area contributed by atoms with E-state index in [1.807, 2.05) is 4.90 Å². The Morgan fingerprint density at radius 1 is 0.722 bits per heavy atom. The van der Waals surface area contributed by atoms with Crippen LogP contribution in [0, 0.1) is 0 Å². The lowest BCUT2D eigenvalue weighted by molar-refractivity contribution is -0.129. The zero-order valence-corrected chi connectivity index (χ0v) is 12.9. The molecular weight excluding hydrogens is 226 g/mol. The SMILES string of the molecule is CCN(CC)CCN(CCN(CC)CC)C(C)=O. The van der Waals surface area contributed by atoms with Crippen molar-refractivity contribution in [1.29, 1.82) is 0 Å². The average molecular weight is 257 g/mol. The highest BCUT2D eigenvalue weighted by molar-refractivity contribution is 5.73. The van der Waals surface area contributed by atoms with E-state index in [0.29, 0.717) is 0 Å². The third-order valence-electron chi connectivity index (χ3n) is 3.61. The van der Waals surface area contributed by atoms with Crippen LogP contribution in [0.2, 0.25) is 0 Å². The van der Waals surface area contributed by atoms with Gasteiger partial charge >= 0.3 is 0 Å². The minimum atomic E-state index is 0.189. The van der Waals surface area contributed by atoms with Gasteiger partial charge in [0.25, 0.3) is 0 Å². The molecule has 0 aliphatic heterocycles. The lowest BCUT2D eigenvalue weighted by Crippen LogP contribution is -2.41. The molecule has 0 spiro atoms.